The number of hydrogen-bond acceptors (Lipinski definition) is 3. The van der Waals surface area contributed by atoms with Crippen LogP contribution in [0.3, 0.4) is 0 Å². The molecule has 0 aliphatic rings. The maximum absolute atomic E-state index is 12.0. The van der Waals surface area contributed by atoms with Gasteiger partial charge in [-0.3, -0.25) is 9.59 Å². The van der Waals surface area contributed by atoms with Gasteiger partial charge in [-0.05, 0) is 39.0 Å². The molecule has 1 rings (SSSR count). The van der Waals surface area contributed by atoms with Crippen LogP contribution in [0.2, 0.25) is 0 Å². The quantitative estimate of drug-likeness (QED) is 0.830. The first-order valence-electron chi connectivity index (χ1n) is 6.22. The van der Waals surface area contributed by atoms with Crippen LogP contribution in [0, 0.1) is 5.41 Å². The fourth-order valence-electron chi connectivity index (χ4n) is 1.55. The van der Waals surface area contributed by atoms with E-state index < -0.39 is 11.4 Å². The highest BCUT2D eigenvalue weighted by atomic mass is 79.9. The Morgan fingerprint density at radius 2 is 2.05 bits per heavy atom. The lowest BCUT2D eigenvalue weighted by atomic mass is 9.89. The van der Waals surface area contributed by atoms with E-state index in [1.165, 1.54) is 13.8 Å². The second kappa shape index (κ2) is 6.74. The number of aliphatic carboxylic acids is 1. The number of carboxylic acids is 1. The molecule has 5 nitrogen and oxygen atoms in total. The van der Waals surface area contributed by atoms with Crippen molar-refractivity contribution in [3.8, 4) is 5.75 Å². The molecule has 110 valence electrons. The maximum atomic E-state index is 12.0. The Bertz CT molecular complexity index is 514. The zero-order chi connectivity index (χ0) is 15.3. The van der Waals surface area contributed by atoms with Gasteiger partial charge in [0.05, 0.1) is 17.7 Å². The minimum atomic E-state index is -1.11. The number of rotatable bonds is 6. The smallest absolute Gasteiger partial charge is 0.309 e. The van der Waals surface area contributed by atoms with Gasteiger partial charge in [-0.15, -0.1) is 0 Å². The van der Waals surface area contributed by atoms with Crippen LogP contribution in [0.4, 0.5) is 5.69 Å². The lowest BCUT2D eigenvalue weighted by molar-refractivity contribution is -0.148. The summed E-state index contributed by atoms with van der Waals surface area (Å²) in [6.07, 6.45) is -0.111. The molecule has 0 saturated carbocycles. The van der Waals surface area contributed by atoms with Crippen LogP contribution in [-0.2, 0) is 9.59 Å². The van der Waals surface area contributed by atoms with E-state index in [2.05, 4.69) is 21.2 Å². The molecule has 0 unspecified atom stereocenters. The molecule has 0 saturated heterocycles. The van der Waals surface area contributed by atoms with Crippen LogP contribution in [0.25, 0.3) is 0 Å². The summed E-state index contributed by atoms with van der Waals surface area (Å²) in [7, 11) is 0. The van der Waals surface area contributed by atoms with Gasteiger partial charge in [0, 0.05) is 10.9 Å². The molecule has 0 atom stereocenters. The lowest BCUT2D eigenvalue weighted by Crippen LogP contribution is -2.29. The number of anilines is 1. The predicted molar refractivity (Wildman–Crippen MR) is 80.0 cm³/mol. The normalized spacial score (nSPS) is 11.0. The first kappa shape index (κ1) is 16.5. The highest BCUT2D eigenvalue weighted by molar-refractivity contribution is 9.10. The SMILES string of the molecule is CCOc1ccc(Br)cc1NC(=O)CC(C)(C)C(=O)O. The average Bonchev–Trinajstić information content (AvgIpc) is 2.31. The minimum absolute atomic E-state index is 0.111. The van der Waals surface area contributed by atoms with E-state index in [9.17, 15) is 9.59 Å². The van der Waals surface area contributed by atoms with E-state index in [4.69, 9.17) is 9.84 Å². The highest BCUT2D eigenvalue weighted by Crippen LogP contribution is 2.29. The Labute approximate surface area is 126 Å². The summed E-state index contributed by atoms with van der Waals surface area (Å²) in [6, 6.07) is 5.27. The van der Waals surface area contributed by atoms with Crippen molar-refractivity contribution in [2.75, 3.05) is 11.9 Å². The molecular formula is C14H18BrNO4. The van der Waals surface area contributed by atoms with Crippen molar-refractivity contribution < 1.29 is 19.4 Å². The number of carbonyl (C=O) groups is 2. The van der Waals surface area contributed by atoms with Crippen molar-refractivity contribution in [1.82, 2.24) is 0 Å². The van der Waals surface area contributed by atoms with Crippen LogP contribution < -0.4 is 10.1 Å². The van der Waals surface area contributed by atoms with Gasteiger partial charge < -0.3 is 15.2 Å². The van der Waals surface area contributed by atoms with Crippen molar-refractivity contribution in [2.24, 2.45) is 5.41 Å². The van der Waals surface area contributed by atoms with Crippen molar-refractivity contribution in [3.05, 3.63) is 22.7 Å². The summed E-state index contributed by atoms with van der Waals surface area (Å²) in [4.78, 5) is 23.0. The highest BCUT2D eigenvalue weighted by Gasteiger charge is 2.30. The van der Waals surface area contributed by atoms with Crippen LogP contribution in [0.5, 0.6) is 5.75 Å². The van der Waals surface area contributed by atoms with Gasteiger partial charge in [0.15, 0.2) is 0 Å². The third-order valence-corrected chi connectivity index (χ3v) is 3.19. The summed E-state index contributed by atoms with van der Waals surface area (Å²) in [5.41, 5.74) is -0.588. The number of hydrogen-bond donors (Lipinski definition) is 2. The van der Waals surface area contributed by atoms with E-state index in [0.29, 0.717) is 18.0 Å². The first-order valence-corrected chi connectivity index (χ1v) is 7.01. The van der Waals surface area contributed by atoms with Crippen LogP contribution in [0.1, 0.15) is 27.2 Å². The number of amides is 1. The third kappa shape index (κ3) is 4.52. The molecule has 1 aromatic carbocycles. The summed E-state index contributed by atoms with van der Waals surface area (Å²) < 4.78 is 6.22. The van der Waals surface area contributed by atoms with E-state index in [1.54, 1.807) is 12.1 Å². The third-order valence-electron chi connectivity index (χ3n) is 2.70. The van der Waals surface area contributed by atoms with Crippen molar-refractivity contribution >= 4 is 33.5 Å². The maximum Gasteiger partial charge on any atom is 0.309 e. The molecule has 0 spiro atoms. The summed E-state index contributed by atoms with van der Waals surface area (Å²) in [6.45, 7) is 5.35. The second-order valence-corrected chi connectivity index (χ2v) is 5.90. The van der Waals surface area contributed by atoms with E-state index >= 15 is 0 Å². The van der Waals surface area contributed by atoms with Crippen LogP contribution in [-0.4, -0.2) is 23.6 Å². The molecular weight excluding hydrogens is 326 g/mol. The van der Waals surface area contributed by atoms with Gasteiger partial charge >= 0.3 is 5.97 Å². The number of benzene rings is 1. The Morgan fingerprint density at radius 1 is 1.40 bits per heavy atom. The number of carbonyl (C=O) groups excluding carboxylic acids is 1. The van der Waals surface area contributed by atoms with Gasteiger partial charge in [0.25, 0.3) is 0 Å². The predicted octanol–water partition coefficient (Wildman–Crippen LogP) is 3.29. The van der Waals surface area contributed by atoms with Crippen molar-refractivity contribution in [3.63, 3.8) is 0 Å². The molecule has 0 fully saturated rings. The van der Waals surface area contributed by atoms with Gasteiger partial charge in [0.1, 0.15) is 5.75 Å². The van der Waals surface area contributed by atoms with Gasteiger partial charge in [-0.25, -0.2) is 0 Å². The molecule has 0 aliphatic heterocycles. The standard InChI is InChI=1S/C14H18BrNO4/c1-4-20-11-6-5-9(15)7-10(11)16-12(17)8-14(2,3)13(18)19/h5-7H,4,8H2,1-3H3,(H,16,17)(H,18,19). The van der Waals surface area contributed by atoms with E-state index in [0.717, 1.165) is 4.47 Å². The molecule has 20 heavy (non-hydrogen) atoms. The van der Waals surface area contributed by atoms with E-state index in [-0.39, 0.29) is 12.3 Å². The molecule has 0 aromatic heterocycles. The topological polar surface area (TPSA) is 75.6 Å². The fourth-order valence-corrected chi connectivity index (χ4v) is 1.91. The molecule has 0 heterocycles. The van der Waals surface area contributed by atoms with Crippen LogP contribution in [0.15, 0.2) is 22.7 Å². The number of nitrogens with one attached hydrogen (secondary N) is 1. The molecule has 6 heteroatoms. The molecule has 0 aliphatic carbocycles. The number of carboxylic acid groups (broad SMARTS) is 1. The molecule has 0 bridgehead atoms. The minimum Gasteiger partial charge on any atom is -0.492 e. The van der Waals surface area contributed by atoms with Crippen LogP contribution >= 0.6 is 15.9 Å². The second-order valence-electron chi connectivity index (χ2n) is 4.99. The van der Waals surface area contributed by atoms with Gasteiger partial charge in [-0.1, -0.05) is 15.9 Å². The van der Waals surface area contributed by atoms with Crippen molar-refractivity contribution in [2.45, 2.75) is 27.2 Å². The zero-order valence-electron chi connectivity index (χ0n) is 11.7. The Morgan fingerprint density at radius 3 is 2.60 bits per heavy atom. The number of ether oxygens (including phenoxy) is 1. The fraction of sp³-hybridized carbons (Fsp3) is 0.429. The monoisotopic (exact) mass is 343 g/mol. The summed E-state index contributed by atoms with van der Waals surface area (Å²) in [5, 5.41) is 11.7. The average molecular weight is 344 g/mol. The van der Waals surface area contributed by atoms with Crippen molar-refractivity contribution in [1.29, 1.82) is 0 Å². The Hall–Kier alpha value is -1.56. The largest absolute Gasteiger partial charge is 0.492 e. The first-order chi connectivity index (χ1) is 9.26. The van der Waals surface area contributed by atoms with Gasteiger partial charge in [0.2, 0.25) is 5.91 Å². The Balaban J connectivity index is 2.85. The molecule has 1 aromatic rings. The zero-order valence-corrected chi connectivity index (χ0v) is 13.3. The summed E-state index contributed by atoms with van der Waals surface area (Å²) in [5.74, 6) is -0.819. The molecule has 1 amide bonds. The molecule has 2 N–H and O–H groups in total. The summed E-state index contributed by atoms with van der Waals surface area (Å²) >= 11 is 3.32. The number of halogens is 1. The Kier molecular flexibility index (Phi) is 5.56. The van der Waals surface area contributed by atoms with Gasteiger partial charge in [-0.2, -0.15) is 0 Å². The lowest BCUT2D eigenvalue weighted by Gasteiger charge is -2.19. The van der Waals surface area contributed by atoms with E-state index in [1.807, 2.05) is 13.0 Å². The molecule has 0 radical (unpaired) electrons.